The van der Waals surface area contributed by atoms with Gasteiger partial charge in [0.2, 0.25) is 0 Å². The predicted octanol–water partition coefficient (Wildman–Crippen LogP) is 0.758. The van der Waals surface area contributed by atoms with E-state index in [4.69, 9.17) is 5.73 Å². The third kappa shape index (κ3) is 1.49. The summed E-state index contributed by atoms with van der Waals surface area (Å²) >= 11 is 0. The van der Waals surface area contributed by atoms with Crippen LogP contribution in [-0.2, 0) is 0 Å². The minimum absolute atomic E-state index is 0.191. The van der Waals surface area contributed by atoms with E-state index < -0.39 is 0 Å². The maximum absolute atomic E-state index is 13.2. The number of pyridine rings is 1. The first-order valence-electron chi connectivity index (χ1n) is 4.23. The van der Waals surface area contributed by atoms with Gasteiger partial charge in [0.15, 0.2) is 11.6 Å². The summed E-state index contributed by atoms with van der Waals surface area (Å²) in [5.41, 5.74) is 5.62. The Labute approximate surface area is 76.4 Å². The molecule has 70 valence electrons. The van der Waals surface area contributed by atoms with Crippen molar-refractivity contribution in [1.29, 1.82) is 0 Å². The minimum atomic E-state index is -0.280. The molecule has 0 bridgehead atoms. The fraction of sp³-hybridized carbons (Fsp3) is 0.444. The molecule has 0 amide bonds. The van der Waals surface area contributed by atoms with Crippen LogP contribution in [0, 0.1) is 5.82 Å². The van der Waals surface area contributed by atoms with Gasteiger partial charge < -0.3 is 10.6 Å². The van der Waals surface area contributed by atoms with E-state index in [9.17, 15) is 4.39 Å². The number of aromatic nitrogens is 1. The lowest BCUT2D eigenvalue weighted by atomic mass is 9.94. The minimum Gasteiger partial charge on any atom is -0.350 e. The molecule has 1 fully saturated rings. The number of anilines is 1. The van der Waals surface area contributed by atoms with Gasteiger partial charge >= 0.3 is 0 Å². The second kappa shape index (κ2) is 2.67. The molecule has 1 aliphatic heterocycles. The predicted molar refractivity (Wildman–Crippen MR) is 49.0 cm³/mol. The lowest BCUT2D eigenvalue weighted by Crippen LogP contribution is -2.66. The largest absolute Gasteiger partial charge is 0.350 e. The monoisotopic (exact) mass is 181 g/mol. The Morgan fingerprint density at radius 1 is 1.62 bits per heavy atom. The molecule has 0 saturated carbocycles. The molecule has 13 heavy (non-hydrogen) atoms. The highest BCUT2D eigenvalue weighted by atomic mass is 19.1. The smallest absolute Gasteiger partial charge is 0.165 e. The Bertz CT molecular complexity index is 316. The number of nitrogens with zero attached hydrogens (tertiary/aromatic N) is 2. The molecule has 1 aliphatic rings. The van der Waals surface area contributed by atoms with Crippen molar-refractivity contribution in [3.8, 4) is 0 Å². The molecule has 2 rings (SSSR count). The van der Waals surface area contributed by atoms with Gasteiger partial charge in [0, 0.05) is 24.8 Å². The van der Waals surface area contributed by atoms with Crippen molar-refractivity contribution in [1.82, 2.24) is 4.98 Å². The summed E-state index contributed by atoms with van der Waals surface area (Å²) in [7, 11) is 0. The quantitative estimate of drug-likeness (QED) is 0.695. The topological polar surface area (TPSA) is 42.1 Å². The van der Waals surface area contributed by atoms with Crippen LogP contribution in [0.25, 0.3) is 0 Å². The molecule has 0 aromatic carbocycles. The first kappa shape index (κ1) is 8.44. The van der Waals surface area contributed by atoms with Crippen LogP contribution in [0.4, 0.5) is 10.2 Å². The number of hydrogen-bond acceptors (Lipinski definition) is 3. The number of rotatable bonds is 1. The van der Waals surface area contributed by atoms with Crippen LogP contribution < -0.4 is 10.6 Å². The number of halogens is 1. The molecule has 1 aromatic heterocycles. The maximum Gasteiger partial charge on any atom is 0.165 e. The van der Waals surface area contributed by atoms with Crippen molar-refractivity contribution in [3.05, 3.63) is 24.1 Å². The zero-order valence-corrected chi connectivity index (χ0v) is 7.50. The standard InChI is InChI=1S/C9H12FN3/c1-9(11)5-13(6-9)8-7(10)3-2-4-12-8/h2-4H,5-6,11H2,1H3. The second-order valence-electron chi connectivity index (χ2n) is 3.82. The van der Waals surface area contributed by atoms with E-state index in [1.807, 2.05) is 11.8 Å². The third-order valence-electron chi connectivity index (χ3n) is 2.14. The molecule has 0 unspecified atom stereocenters. The van der Waals surface area contributed by atoms with Gasteiger partial charge in [0.1, 0.15) is 0 Å². The number of hydrogen-bond donors (Lipinski definition) is 1. The molecule has 2 heterocycles. The Hall–Kier alpha value is -1.16. The van der Waals surface area contributed by atoms with Crippen LogP contribution in [0.2, 0.25) is 0 Å². The summed E-state index contributed by atoms with van der Waals surface area (Å²) in [6, 6.07) is 2.99. The third-order valence-corrected chi connectivity index (χ3v) is 2.14. The van der Waals surface area contributed by atoms with Crippen LogP contribution in [0.15, 0.2) is 18.3 Å². The Balaban J connectivity index is 2.16. The molecule has 0 atom stereocenters. The number of nitrogens with two attached hydrogens (primary N) is 1. The summed E-state index contributed by atoms with van der Waals surface area (Å²) in [6.07, 6.45) is 1.59. The fourth-order valence-electron chi connectivity index (χ4n) is 1.59. The molecule has 0 radical (unpaired) electrons. The van der Waals surface area contributed by atoms with Gasteiger partial charge in [-0.1, -0.05) is 0 Å². The SMILES string of the molecule is CC1(N)CN(c2ncccc2F)C1. The van der Waals surface area contributed by atoms with Crippen molar-refractivity contribution in [2.24, 2.45) is 5.73 Å². The normalized spacial score (nSPS) is 19.8. The highest BCUT2D eigenvalue weighted by Gasteiger charge is 2.36. The molecule has 4 heteroatoms. The van der Waals surface area contributed by atoms with Crippen LogP contribution in [0.3, 0.4) is 0 Å². The van der Waals surface area contributed by atoms with Gasteiger partial charge in [0.05, 0.1) is 0 Å². The summed E-state index contributed by atoms with van der Waals surface area (Å²) in [4.78, 5) is 5.80. The molecular formula is C9H12FN3. The van der Waals surface area contributed by atoms with Gasteiger partial charge in [-0.05, 0) is 19.1 Å². The Morgan fingerprint density at radius 2 is 2.31 bits per heavy atom. The van der Waals surface area contributed by atoms with E-state index in [0.29, 0.717) is 18.9 Å². The van der Waals surface area contributed by atoms with Gasteiger partial charge in [-0.25, -0.2) is 9.37 Å². The summed E-state index contributed by atoms with van der Waals surface area (Å²) in [5, 5.41) is 0. The van der Waals surface area contributed by atoms with E-state index in [0.717, 1.165) is 0 Å². The van der Waals surface area contributed by atoms with Crippen LogP contribution >= 0.6 is 0 Å². The highest BCUT2D eigenvalue weighted by Crippen LogP contribution is 2.25. The molecular weight excluding hydrogens is 169 g/mol. The molecule has 1 aromatic rings. The van der Waals surface area contributed by atoms with Crippen molar-refractivity contribution >= 4 is 5.82 Å². The van der Waals surface area contributed by atoms with Crippen LogP contribution in [0.5, 0.6) is 0 Å². The van der Waals surface area contributed by atoms with Gasteiger partial charge in [0.25, 0.3) is 0 Å². The van der Waals surface area contributed by atoms with Crippen LogP contribution in [-0.4, -0.2) is 23.6 Å². The van der Waals surface area contributed by atoms with Gasteiger partial charge in [-0.15, -0.1) is 0 Å². The van der Waals surface area contributed by atoms with Gasteiger partial charge in [-0.2, -0.15) is 0 Å². The fourth-order valence-corrected chi connectivity index (χ4v) is 1.59. The Kier molecular flexibility index (Phi) is 1.73. The Morgan fingerprint density at radius 3 is 2.85 bits per heavy atom. The van der Waals surface area contributed by atoms with E-state index in [-0.39, 0.29) is 11.4 Å². The second-order valence-corrected chi connectivity index (χ2v) is 3.82. The summed E-state index contributed by atoms with van der Waals surface area (Å²) in [6.45, 7) is 3.28. The van der Waals surface area contributed by atoms with E-state index in [2.05, 4.69) is 4.98 Å². The first-order chi connectivity index (χ1) is 6.08. The molecule has 0 spiro atoms. The van der Waals surface area contributed by atoms with Crippen molar-refractivity contribution in [2.45, 2.75) is 12.5 Å². The lowest BCUT2D eigenvalue weighted by molar-refractivity contribution is 0.358. The molecule has 2 N–H and O–H groups in total. The molecule has 3 nitrogen and oxygen atoms in total. The zero-order valence-electron chi connectivity index (χ0n) is 7.50. The average molecular weight is 181 g/mol. The van der Waals surface area contributed by atoms with E-state index in [1.165, 1.54) is 6.07 Å². The van der Waals surface area contributed by atoms with Crippen molar-refractivity contribution in [2.75, 3.05) is 18.0 Å². The zero-order chi connectivity index (χ0) is 9.47. The highest BCUT2D eigenvalue weighted by molar-refractivity contribution is 5.44. The first-order valence-corrected chi connectivity index (χ1v) is 4.23. The van der Waals surface area contributed by atoms with E-state index in [1.54, 1.807) is 12.3 Å². The lowest BCUT2D eigenvalue weighted by Gasteiger charge is -2.46. The van der Waals surface area contributed by atoms with Crippen molar-refractivity contribution < 1.29 is 4.39 Å². The van der Waals surface area contributed by atoms with E-state index >= 15 is 0 Å². The summed E-state index contributed by atoms with van der Waals surface area (Å²) in [5.74, 6) is 0.128. The van der Waals surface area contributed by atoms with Crippen LogP contribution in [0.1, 0.15) is 6.92 Å². The summed E-state index contributed by atoms with van der Waals surface area (Å²) < 4.78 is 13.2. The van der Waals surface area contributed by atoms with Gasteiger partial charge in [-0.3, -0.25) is 0 Å². The molecule has 0 aliphatic carbocycles. The average Bonchev–Trinajstić information content (AvgIpc) is 2.01. The van der Waals surface area contributed by atoms with Crippen molar-refractivity contribution in [3.63, 3.8) is 0 Å². The maximum atomic E-state index is 13.2. The molecule has 1 saturated heterocycles.